The predicted molar refractivity (Wildman–Crippen MR) is 74.5 cm³/mol. The Morgan fingerprint density at radius 2 is 2.33 bits per heavy atom. The second-order valence-corrected chi connectivity index (χ2v) is 5.14. The van der Waals surface area contributed by atoms with Crippen molar-refractivity contribution in [1.29, 1.82) is 0 Å². The Balaban J connectivity index is 2.90. The van der Waals surface area contributed by atoms with Crippen LogP contribution in [-0.2, 0) is 4.74 Å². The molecule has 0 unspecified atom stereocenters. The number of halogens is 2. The zero-order chi connectivity index (χ0) is 13.4. The molecule has 0 aliphatic rings. The van der Waals surface area contributed by atoms with Gasteiger partial charge < -0.3 is 4.74 Å². The number of esters is 1. The van der Waals surface area contributed by atoms with Crippen molar-refractivity contribution < 1.29 is 14.5 Å². The van der Waals surface area contributed by atoms with Crippen LogP contribution in [0.25, 0.3) is 10.9 Å². The number of methoxy groups -OCH3 is 1. The minimum Gasteiger partial charge on any atom is -0.465 e. The number of benzene rings is 1. The van der Waals surface area contributed by atoms with Crippen LogP contribution in [0.5, 0.6) is 0 Å². The van der Waals surface area contributed by atoms with Crippen LogP contribution in [0, 0.1) is 13.8 Å². The van der Waals surface area contributed by atoms with Gasteiger partial charge in [-0.15, -0.1) is 0 Å². The molecule has 94 valence electrons. The van der Waals surface area contributed by atoms with Gasteiger partial charge in [-0.2, -0.15) is 5.10 Å². The fourth-order valence-corrected chi connectivity index (χ4v) is 2.80. The van der Waals surface area contributed by atoms with Crippen LogP contribution in [0.3, 0.4) is 0 Å². The van der Waals surface area contributed by atoms with E-state index in [1.807, 2.05) is 22.6 Å². The number of nitro benzene ring substituents is 1. The molecule has 0 saturated carbocycles. The van der Waals surface area contributed by atoms with Gasteiger partial charge in [0.15, 0.2) is 0 Å². The van der Waals surface area contributed by atoms with Crippen molar-refractivity contribution in [3.63, 3.8) is 0 Å². The Morgan fingerprint density at radius 1 is 1.67 bits per heavy atom. The number of fused-ring (bicyclic) bond motifs is 1. The Labute approximate surface area is 122 Å². The molecular weight excluding hydrogens is 421 g/mol. The van der Waals surface area contributed by atoms with Crippen LogP contribution in [0.4, 0.5) is 5.69 Å². The number of nitrogens with zero attached hydrogens (tertiary/aromatic N) is 2. The summed E-state index contributed by atoms with van der Waals surface area (Å²) >= 11 is 4.98. The van der Waals surface area contributed by atoms with E-state index in [4.69, 9.17) is 0 Å². The van der Waals surface area contributed by atoms with Crippen molar-refractivity contribution in [1.82, 2.24) is 10.2 Å². The summed E-state index contributed by atoms with van der Waals surface area (Å²) in [4.78, 5) is 22.1. The van der Waals surface area contributed by atoms with Gasteiger partial charge in [-0.1, -0.05) is 0 Å². The lowest BCUT2D eigenvalue weighted by atomic mass is 10.1. The molecule has 0 saturated heterocycles. The number of aromatic amines is 1. The van der Waals surface area contributed by atoms with Gasteiger partial charge >= 0.3 is 5.97 Å². The maximum absolute atomic E-state index is 11.5. The maximum atomic E-state index is 11.5. The van der Waals surface area contributed by atoms with Crippen LogP contribution in [0.2, 0.25) is 0 Å². The van der Waals surface area contributed by atoms with Gasteiger partial charge in [0.25, 0.3) is 5.69 Å². The third kappa shape index (κ3) is 1.96. The van der Waals surface area contributed by atoms with E-state index in [0.717, 1.165) is 0 Å². The summed E-state index contributed by atoms with van der Waals surface area (Å²) in [5.41, 5.74) is 0.209. The van der Waals surface area contributed by atoms with Crippen LogP contribution in [0.1, 0.15) is 10.4 Å². The first kappa shape index (κ1) is 13.2. The van der Waals surface area contributed by atoms with Crippen molar-refractivity contribution in [2.45, 2.75) is 0 Å². The Bertz CT molecular complexity index is 669. The lowest BCUT2D eigenvalue weighted by molar-refractivity contribution is -0.383. The molecule has 0 bridgehead atoms. The predicted octanol–water partition coefficient (Wildman–Crippen LogP) is 2.62. The Hall–Kier alpha value is -1.23. The molecular formula is C9H5BrIN3O4. The topological polar surface area (TPSA) is 98.1 Å². The molecule has 2 aromatic rings. The largest absolute Gasteiger partial charge is 0.465 e. The average Bonchev–Trinajstić information content (AvgIpc) is 2.69. The van der Waals surface area contributed by atoms with Crippen LogP contribution >= 0.6 is 38.5 Å². The zero-order valence-corrected chi connectivity index (χ0v) is 12.6. The standard InChI is InChI=1S/C9H5BrIN3O4/c1-18-9(15)3-2-4-5(8(11)13-12-4)7(6(3)10)14(16)17/h2H,1H3,(H,12,13). The van der Waals surface area contributed by atoms with E-state index in [1.54, 1.807) is 0 Å². The molecule has 0 amide bonds. The summed E-state index contributed by atoms with van der Waals surface area (Å²) in [6, 6.07) is 1.44. The molecule has 0 spiro atoms. The normalized spacial score (nSPS) is 10.6. The van der Waals surface area contributed by atoms with E-state index in [1.165, 1.54) is 13.2 Å². The molecule has 0 aliphatic heterocycles. The second kappa shape index (κ2) is 4.80. The van der Waals surface area contributed by atoms with Gasteiger partial charge in [0.1, 0.15) is 19.1 Å². The SMILES string of the molecule is COC(=O)c1cc2n[nH]c(I)c2c([N+](=O)[O-])c1Br. The summed E-state index contributed by atoms with van der Waals surface area (Å²) in [5.74, 6) is -0.662. The average molecular weight is 426 g/mol. The summed E-state index contributed by atoms with van der Waals surface area (Å²) in [7, 11) is 1.21. The van der Waals surface area contributed by atoms with Crippen molar-refractivity contribution in [2.24, 2.45) is 0 Å². The Morgan fingerprint density at radius 3 is 2.89 bits per heavy atom. The smallest absolute Gasteiger partial charge is 0.339 e. The van der Waals surface area contributed by atoms with E-state index in [-0.39, 0.29) is 15.7 Å². The van der Waals surface area contributed by atoms with Gasteiger partial charge in [-0.05, 0) is 44.6 Å². The van der Waals surface area contributed by atoms with Crippen molar-refractivity contribution in [3.8, 4) is 0 Å². The molecule has 18 heavy (non-hydrogen) atoms. The molecule has 1 heterocycles. The highest BCUT2D eigenvalue weighted by molar-refractivity contribution is 14.1. The minimum absolute atomic E-state index is 0.0691. The number of carbonyl (C=O) groups is 1. The fraction of sp³-hybridized carbons (Fsp3) is 0.111. The Kier molecular flexibility index (Phi) is 3.52. The van der Waals surface area contributed by atoms with Crippen molar-refractivity contribution >= 4 is 61.1 Å². The van der Waals surface area contributed by atoms with E-state index in [9.17, 15) is 14.9 Å². The second-order valence-electron chi connectivity index (χ2n) is 3.27. The molecule has 0 radical (unpaired) electrons. The number of hydrogen-bond donors (Lipinski definition) is 1. The number of H-pyrrole nitrogens is 1. The number of ether oxygens (including phenoxy) is 1. The molecule has 1 N–H and O–H groups in total. The fourth-order valence-electron chi connectivity index (χ4n) is 1.53. The quantitative estimate of drug-likeness (QED) is 0.345. The van der Waals surface area contributed by atoms with Crippen molar-refractivity contribution in [2.75, 3.05) is 7.11 Å². The highest BCUT2D eigenvalue weighted by Gasteiger charge is 2.27. The molecule has 0 fully saturated rings. The number of nitrogens with one attached hydrogen (secondary N) is 1. The van der Waals surface area contributed by atoms with Crippen LogP contribution in [0.15, 0.2) is 10.5 Å². The lowest BCUT2D eigenvalue weighted by Crippen LogP contribution is -2.04. The minimum atomic E-state index is -0.662. The van der Waals surface area contributed by atoms with E-state index in [2.05, 4.69) is 30.9 Å². The molecule has 1 aromatic heterocycles. The lowest BCUT2D eigenvalue weighted by Gasteiger charge is -2.04. The van der Waals surface area contributed by atoms with Gasteiger partial charge in [0.2, 0.25) is 0 Å². The van der Waals surface area contributed by atoms with Crippen LogP contribution in [-0.4, -0.2) is 28.2 Å². The molecule has 2 rings (SSSR count). The van der Waals surface area contributed by atoms with Gasteiger partial charge in [-0.3, -0.25) is 15.2 Å². The van der Waals surface area contributed by atoms with E-state index >= 15 is 0 Å². The highest BCUT2D eigenvalue weighted by atomic mass is 127. The third-order valence-corrected chi connectivity index (χ3v) is 3.88. The number of nitro groups is 1. The first-order chi connectivity index (χ1) is 8.47. The summed E-state index contributed by atoms with van der Waals surface area (Å²) in [5, 5.41) is 18.0. The third-order valence-electron chi connectivity index (χ3n) is 2.30. The number of hydrogen-bond acceptors (Lipinski definition) is 5. The molecule has 1 aromatic carbocycles. The monoisotopic (exact) mass is 425 g/mol. The molecule has 0 aliphatic carbocycles. The molecule has 9 heteroatoms. The number of aromatic nitrogens is 2. The summed E-state index contributed by atoms with van der Waals surface area (Å²) < 4.78 is 5.20. The van der Waals surface area contributed by atoms with Gasteiger partial charge in [-0.25, -0.2) is 4.79 Å². The zero-order valence-electron chi connectivity index (χ0n) is 8.86. The van der Waals surface area contributed by atoms with Gasteiger partial charge in [0, 0.05) is 0 Å². The molecule has 0 atom stereocenters. The van der Waals surface area contributed by atoms with Crippen LogP contribution < -0.4 is 0 Å². The summed E-state index contributed by atoms with van der Waals surface area (Å²) in [6.07, 6.45) is 0. The van der Waals surface area contributed by atoms with E-state index in [0.29, 0.717) is 14.6 Å². The van der Waals surface area contributed by atoms with Gasteiger partial charge in [0.05, 0.1) is 17.6 Å². The summed E-state index contributed by atoms with van der Waals surface area (Å²) in [6.45, 7) is 0. The molecule has 7 nitrogen and oxygen atoms in total. The number of carbonyl (C=O) groups excluding carboxylic acids is 1. The van der Waals surface area contributed by atoms with E-state index < -0.39 is 10.9 Å². The highest BCUT2D eigenvalue weighted by Crippen LogP contribution is 2.38. The van der Waals surface area contributed by atoms with Crippen molar-refractivity contribution in [3.05, 3.63) is 29.9 Å². The number of rotatable bonds is 2. The maximum Gasteiger partial charge on any atom is 0.339 e. The first-order valence-corrected chi connectivity index (χ1v) is 6.43. The first-order valence-electron chi connectivity index (χ1n) is 4.56.